The molecule has 0 aromatic heterocycles. The SMILES string of the molecule is CC(C)C[C@@H](C(N)=O)N(C1CCN(S(=O)(=O)c2ccccc2)C1=O)[C@@H](c1ccc(-c2ccc(S(C)(=O)=O)cc2)cc1)C(F)(F)F. The number of rotatable bonds is 11. The van der Waals surface area contributed by atoms with Crippen LogP contribution in [0.1, 0.15) is 38.3 Å². The number of primary amides is 1. The van der Waals surface area contributed by atoms with E-state index < -0.39 is 56.0 Å². The van der Waals surface area contributed by atoms with E-state index in [-0.39, 0.29) is 40.7 Å². The number of nitrogens with zero attached hydrogens (tertiary/aromatic N) is 2. The van der Waals surface area contributed by atoms with E-state index in [9.17, 15) is 26.4 Å². The molecular weight excluding hydrogens is 631 g/mol. The van der Waals surface area contributed by atoms with Gasteiger partial charge in [-0.25, -0.2) is 21.1 Å². The number of hydrogen-bond acceptors (Lipinski definition) is 7. The van der Waals surface area contributed by atoms with Crippen molar-refractivity contribution >= 4 is 31.7 Å². The lowest BCUT2D eigenvalue weighted by Crippen LogP contribution is -2.57. The molecular formula is C31H34F3N3O6S2. The van der Waals surface area contributed by atoms with Gasteiger partial charge < -0.3 is 5.73 Å². The molecule has 3 aromatic rings. The van der Waals surface area contributed by atoms with Crippen molar-refractivity contribution in [3.63, 3.8) is 0 Å². The molecule has 3 atom stereocenters. The Bertz CT molecular complexity index is 1750. The molecule has 2 amide bonds. The summed E-state index contributed by atoms with van der Waals surface area (Å²) in [6, 6.07) is 12.6. The van der Waals surface area contributed by atoms with Gasteiger partial charge in [-0.05, 0) is 59.7 Å². The normalized spacial score (nSPS) is 17.6. The highest BCUT2D eigenvalue weighted by atomic mass is 32.2. The van der Waals surface area contributed by atoms with Crippen LogP contribution in [0.5, 0.6) is 0 Å². The first-order valence-electron chi connectivity index (χ1n) is 14.1. The van der Waals surface area contributed by atoms with Gasteiger partial charge in [-0.3, -0.25) is 14.5 Å². The predicted molar refractivity (Wildman–Crippen MR) is 162 cm³/mol. The van der Waals surface area contributed by atoms with Crippen LogP contribution in [0.25, 0.3) is 11.1 Å². The molecule has 0 radical (unpaired) electrons. The van der Waals surface area contributed by atoms with Crippen LogP contribution in [0.3, 0.4) is 0 Å². The minimum absolute atomic E-state index is 0.0860. The minimum Gasteiger partial charge on any atom is -0.368 e. The Kier molecular flexibility index (Phi) is 9.81. The summed E-state index contributed by atoms with van der Waals surface area (Å²) in [5, 5.41) is 0. The Labute approximate surface area is 260 Å². The first-order valence-corrected chi connectivity index (χ1v) is 17.4. The van der Waals surface area contributed by atoms with Crippen LogP contribution < -0.4 is 5.73 Å². The van der Waals surface area contributed by atoms with Crippen LogP contribution in [-0.2, 0) is 29.4 Å². The number of hydrogen-bond donors (Lipinski definition) is 1. The molecule has 14 heteroatoms. The Balaban J connectivity index is 1.78. The second-order valence-electron chi connectivity index (χ2n) is 11.4. The van der Waals surface area contributed by atoms with Gasteiger partial charge in [0.25, 0.3) is 15.9 Å². The molecule has 0 spiro atoms. The molecule has 1 fully saturated rings. The highest BCUT2D eigenvalue weighted by Crippen LogP contribution is 2.43. The largest absolute Gasteiger partial charge is 0.408 e. The summed E-state index contributed by atoms with van der Waals surface area (Å²) in [5.74, 6) is -2.44. The number of carbonyl (C=O) groups excluding carboxylic acids is 2. The molecule has 3 aromatic carbocycles. The monoisotopic (exact) mass is 665 g/mol. The number of alkyl halides is 3. The number of nitrogens with two attached hydrogens (primary N) is 1. The fourth-order valence-electron chi connectivity index (χ4n) is 5.57. The molecule has 0 aliphatic carbocycles. The Morgan fingerprint density at radius 1 is 0.911 bits per heavy atom. The summed E-state index contributed by atoms with van der Waals surface area (Å²) in [6.45, 7) is 3.02. The van der Waals surface area contributed by atoms with Gasteiger partial charge in [0, 0.05) is 12.8 Å². The summed E-state index contributed by atoms with van der Waals surface area (Å²) in [6.07, 6.45) is -4.34. The topological polar surface area (TPSA) is 135 Å². The fraction of sp³-hybridized carbons (Fsp3) is 0.355. The second-order valence-corrected chi connectivity index (χ2v) is 15.3. The molecule has 242 valence electrons. The summed E-state index contributed by atoms with van der Waals surface area (Å²) >= 11 is 0. The maximum absolute atomic E-state index is 15.1. The van der Waals surface area contributed by atoms with E-state index in [1.165, 1.54) is 72.8 Å². The zero-order valence-corrected chi connectivity index (χ0v) is 26.4. The first-order chi connectivity index (χ1) is 20.9. The highest BCUT2D eigenvalue weighted by Gasteiger charge is 2.54. The Morgan fingerprint density at radius 2 is 1.44 bits per heavy atom. The first kappa shape index (κ1) is 34.1. The standard InChI is InChI=1S/C31H34F3N3O6S2/c1-20(2)19-27(29(35)38)37(26-17-18-36(30(26)39)45(42,43)25-7-5-4-6-8-25)28(31(32,33)34)23-11-9-21(10-12-23)22-13-15-24(16-14-22)44(3,40)41/h4-16,20,26-28H,17-19H2,1-3H3,(H2,35,38)/t26?,27-,28-/m0/s1. The van der Waals surface area contributed by atoms with Crippen LogP contribution >= 0.6 is 0 Å². The molecule has 1 heterocycles. The van der Waals surface area contributed by atoms with E-state index in [0.29, 0.717) is 15.4 Å². The van der Waals surface area contributed by atoms with Crippen molar-refractivity contribution in [2.75, 3.05) is 12.8 Å². The Hall–Kier alpha value is -3.75. The molecule has 2 N–H and O–H groups in total. The maximum atomic E-state index is 15.1. The van der Waals surface area contributed by atoms with Crippen molar-refractivity contribution in [2.24, 2.45) is 11.7 Å². The summed E-state index contributed by atoms with van der Waals surface area (Å²) in [7, 11) is -7.82. The lowest BCUT2D eigenvalue weighted by Gasteiger charge is -2.41. The third-order valence-electron chi connectivity index (χ3n) is 7.66. The van der Waals surface area contributed by atoms with Crippen LogP contribution in [0, 0.1) is 5.92 Å². The van der Waals surface area contributed by atoms with E-state index in [4.69, 9.17) is 5.73 Å². The number of benzene rings is 3. The van der Waals surface area contributed by atoms with Gasteiger partial charge in [0.15, 0.2) is 9.84 Å². The lowest BCUT2D eigenvalue weighted by atomic mass is 9.93. The minimum atomic E-state index is -5.00. The molecule has 0 bridgehead atoms. The average molecular weight is 666 g/mol. The van der Waals surface area contributed by atoms with Crippen molar-refractivity contribution in [3.05, 3.63) is 84.4 Å². The average Bonchev–Trinajstić information content (AvgIpc) is 3.35. The van der Waals surface area contributed by atoms with Gasteiger partial charge >= 0.3 is 6.18 Å². The van der Waals surface area contributed by atoms with Crippen LogP contribution in [0.2, 0.25) is 0 Å². The van der Waals surface area contributed by atoms with E-state index in [1.54, 1.807) is 19.9 Å². The number of amides is 2. The zero-order chi connectivity index (χ0) is 33.3. The van der Waals surface area contributed by atoms with Crippen molar-refractivity contribution in [3.8, 4) is 11.1 Å². The molecule has 45 heavy (non-hydrogen) atoms. The van der Waals surface area contributed by atoms with Crippen molar-refractivity contribution < 1.29 is 39.6 Å². The predicted octanol–water partition coefficient (Wildman–Crippen LogP) is 4.55. The van der Waals surface area contributed by atoms with Crippen LogP contribution in [-0.4, -0.2) is 68.9 Å². The summed E-state index contributed by atoms with van der Waals surface area (Å²) in [5.41, 5.74) is 6.44. The van der Waals surface area contributed by atoms with E-state index in [2.05, 4.69) is 0 Å². The molecule has 1 saturated heterocycles. The lowest BCUT2D eigenvalue weighted by molar-refractivity contribution is -0.200. The third kappa shape index (κ3) is 7.39. The maximum Gasteiger partial charge on any atom is 0.408 e. The van der Waals surface area contributed by atoms with E-state index >= 15 is 13.2 Å². The summed E-state index contributed by atoms with van der Waals surface area (Å²) in [4.78, 5) is 27.1. The van der Waals surface area contributed by atoms with Crippen LogP contribution in [0.15, 0.2) is 88.7 Å². The molecule has 0 saturated carbocycles. The zero-order valence-electron chi connectivity index (χ0n) is 24.8. The number of carbonyl (C=O) groups is 2. The van der Waals surface area contributed by atoms with Gasteiger partial charge in [-0.2, -0.15) is 13.2 Å². The van der Waals surface area contributed by atoms with Crippen LogP contribution in [0.4, 0.5) is 13.2 Å². The second kappa shape index (κ2) is 12.9. The fourth-order valence-corrected chi connectivity index (χ4v) is 7.66. The molecule has 1 aliphatic rings. The molecule has 1 unspecified atom stereocenters. The smallest absolute Gasteiger partial charge is 0.368 e. The number of sulfonamides is 1. The van der Waals surface area contributed by atoms with Crippen molar-refractivity contribution in [1.29, 1.82) is 0 Å². The van der Waals surface area contributed by atoms with E-state index in [0.717, 1.165) is 11.2 Å². The number of halogens is 3. The highest BCUT2D eigenvalue weighted by molar-refractivity contribution is 7.90. The van der Waals surface area contributed by atoms with E-state index in [1.807, 2.05) is 0 Å². The van der Waals surface area contributed by atoms with Gasteiger partial charge in [0.1, 0.15) is 6.04 Å². The van der Waals surface area contributed by atoms with Gasteiger partial charge in [-0.15, -0.1) is 0 Å². The van der Waals surface area contributed by atoms with Crippen molar-refractivity contribution in [2.45, 2.75) is 60.8 Å². The molecule has 9 nitrogen and oxygen atoms in total. The Morgan fingerprint density at radius 3 is 1.91 bits per heavy atom. The molecule has 1 aliphatic heterocycles. The van der Waals surface area contributed by atoms with Crippen molar-refractivity contribution in [1.82, 2.24) is 9.21 Å². The van der Waals surface area contributed by atoms with Gasteiger partial charge in [-0.1, -0.05) is 68.4 Å². The summed E-state index contributed by atoms with van der Waals surface area (Å²) < 4.78 is 96.0. The quantitative estimate of drug-likeness (QED) is 0.318. The third-order valence-corrected chi connectivity index (χ3v) is 10.6. The number of sulfone groups is 1. The molecule has 4 rings (SSSR count). The van der Waals surface area contributed by atoms with Gasteiger partial charge in [0.2, 0.25) is 5.91 Å². The van der Waals surface area contributed by atoms with Gasteiger partial charge in [0.05, 0.1) is 21.9 Å².